The van der Waals surface area contributed by atoms with Crippen LogP contribution in [0.1, 0.15) is 5.56 Å². The van der Waals surface area contributed by atoms with Crippen LogP contribution in [0.2, 0.25) is 0 Å². The maximum Gasteiger partial charge on any atom is 0.387 e. The average molecular weight is 310 g/mol. The Labute approximate surface area is 124 Å². The highest BCUT2D eigenvalue weighted by molar-refractivity contribution is 5.89. The first-order valence-electron chi connectivity index (χ1n) is 6.38. The number of urea groups is 1. The summed E-state index contributed by atoms with van der Waals surface area (Å²) in [4.78, 5) is 11.7. The van der Waals surface area contributed by atoms with Gasteiger partial charge >= 0.3 is 12.6 Å². The van der Waals surface area contributed by atoms with Gasteiger partial charge in [0.05, 0.1) is 0 Å². The van der Waals surface area contributed by atoms with Gasteiger partial charge in [-0.2, -0.15) is 8.78 Å². The number of para-hydroxylation sites is 1. The summed E-state index contributed by atoms with van der Waals surface area (Å²) >= 11 is 0. The van der Waals surface area contributed by atoms with Crippen LogP contribution in [0.25, 0.3) is 0 Å². The summed E-state index contributed by atoms with van der Waals surface area (Å²) in [6, 6.07) is 10.9. The van der Waals surface area contributed by atoms with E-state index in [4.69, 9.17) is 0 Å². The van der Waals surface area contributed by atoms with E-state index < -0.39 is 18.5 Å². The maximum atomic E-state index is 13.0. The van der Waals surface area contributed by atoms with E-state index in [0.29, 0.717) is 5.56 Å². The van der Waals surface area contributed by atoms with Crippen LogP contribution in [0, 0.1) is 5.82 Å². The van der Waals surface area contributed by atoms with Crippen LogP contribution in [0.15, 0.2) is 48.5 Å². The molecule has 0 bridgehead atoms. The van der Waals surface area contributed by atoms with Gasteiger partial charge < -0.3 is 15.4 Å². The van der Waals surface area contributed by atoms with Crippen LogP contribution in [-0.2, 0) is 6.54 Å². The molecule has 22 heavy (non-hydrogen) atoms. The Morgan fingerprint density at radius 2 is 1.91 bits per heavy atom. The molecule has 0 saturated carbocycles. The summed E-state index contributed by atoms with van der Waals surface area (Å²) < 4.78 is 41.9. The van der Waals surface area contributed by atoms with Crippen molar-refractivity contribution in [3.63, 3.8) is 0 Å². The van der Waals surface area contributed by atoms with Gasteiger partial charge in [0.1, 0.15) is 11.6 Å². The summed E-state index contributed by atoms with van der Waals surface area (Å²) in [5.74, 6) is -0.489. The fourth-order valence-corrected chi connectivity index (χ4v) is 1.78. The SMILES string of the molecule is O=C(NCc1ccccc1OC(F)F)Nc1cccc(F)c1. The number of amides is 2. The van der Waals surface area contributed by atoms with Crippen LogP contribution in [0.4, 0.5) is 23.7 Å². The molecule has 0 aromatic heterocycles. The molecular weight excluding hydrogens is 297 g/mol. The van der Waals surface area contributed by atoms with Crippen LogP contribution >= 0.6 is 0 Å². The molecule has 116 valence electrons. The standard InChI is InChI=1S/C15H13F3N2O2/c16-11-5-3-6-12(8-11)20-15(21)19-9-10-4-1-2-7-13(10)22-14(17)18/h1-8,14H,9H2,(H2,19,20,21). The first-order valence-corrected chi connectivity index (χ1v) is 6.38. The molecule has 4 nitrogen and oxygen atoms in total. The second kappa shape index (κ2) is 7.35. The van der Waals surface area contributed by atoms with Crippen LogP contribution < -0.4 is 15.4 Å². The smallest absolute Gasteiger partial charge is 0.387 e. The molecule has 0 aliphatic carbocycles. The van der Waals surface area contributed by atoms with E-state index in [-0.39, 0.29) is 18.0 Å². The molecule has 2 aromatic carbocycles. The Morgan fingerprint density at radius 1 is 1.14 bits per heavy atom. The lowest BCUT2D eigenvalue weighted by atomic mass is 10.2. The van der Waals surface area contributed by atoms with Crippen molar-refractivity contribution >= 4 is 11.7 Å². The number of carbonyl (C=O) groups is 1. The predicted octanol–water partition coefficient (Wildman–Crippen LogP) is 3.75. The van der Waals surface area contributed by atoms with Crippen molar-refractivity contribution in [2.45, 2.75) is 13.2 Å². The van der Waals surface area contributed by atoms with Gasteiger partial charge in [-0.1, -0.05) is 24.3 Å². The molecule has 2 aromatic rings. The fourth-order valence-electron chi connectivity index (χ4n) is 1.78. The maximum absolute atomic E-state index is 13.0. The molecule has 0 fully saturated rings. The molecule has 2 amide bonds. The molecular formula is C15H13F3N2O2. The molecule has 7 heteroatoms. The highest BCUT2D eigenvalue weighted by Crippen LogP contribution is 2.20. The zero-order valence-electron chi connectivity index (χ0n) is 11.4. The number of halogens is 3. The van der Waals surface area contributed by atoms with Crippen LogP contribution in [-0.4, -0.2) is 12.6 Å². The minimum absolute atomic E-state index is 0.00988. The molecule has 0 aliphatic heterocycles. The zero-order chi connectivity index (χ0) is 15.9. The van der Waals surface area contributed by atoms with Crippen LogP contribution in [0.3, 0.4) is 0 Å². The van der Waals surface area contributed by atoms with Gasteiger partial charge in [-0.3, -0.25) is 0 Å². The first kappa shape index (κ1) is 15.7. The largest absolute Gasteiger partial charge is 0.434 e. The summed E-state index contributed by atoms with van der Waals surface area (Å²) in [6.07, 6.45) is 0. The number of hydrogen-bond donors (Lipinski definition) is 2. The van der Waals surface area contributed by atoms with Gasteiger partial charge in [0.15, 0.2) is 0 Å². The molecule has 2 rings (SSSR count). The fraction of sp³-hybridized carbons (Fsp3) is 0.133. The molecule has 0 saturated heterocycles. The molecule has 0 unspecified atom stereocenters. The number of anilines is 1. The van der Waals surface area contributed by atoms with E-state index in [0.717, 1.165) is 6.07 Å². The minimum Gasteiger partial charge on any atom is -0.434 e. The molecule has 0 atom stereocenters. The van der Waals surface area contributed by atoms with Crippen molar-refractivity contribution in [1.29, 1.82) is 0 Å². The van der Waals surface area contributed by atoms with Crippen molar-refractivity contribution < 1.29 is 22.7 Å². The summed E-state index contributed by atoms with van der Waals surface area (Å²) in [6.45, 7) is -2.95. The minimum atomic E-state index is -2.94. The third kappa shape index (κ3) is 4.69. The van der Waals surface area contributed by atoms with Crippen molar-refractivity contribution in [2.24, 2.45) is 0 Å². The van der Waals surface area contributed by atoms with E-state index in [1.54, 1.807) is 18.2 Å². The average Bonchev–Trinajstić information content (AvgIpc) is 2.46. The summed E-state index contributed by atoms with van der Waals surface area (Å²) in [7, 11) is 0. The van der Waals surface area contributed by atoms with E-state index in [1.807, 2.05) is 0 Å². The molecule has 0 aliphatic rings. The van der Waals surface area contributed by atoms with Crippen molar-refractivity contribution in [1.82, 2.24) is 5.32 Å². The zero-order valence-corrected chi connectivity index (χ0v) is 11.4. The van der Waals surface area contributed by atoms with E-state index >= 15 is 0 Å². The molecule has 0 radical (unpaired) electrons. The van der Waals surface area contributed by atoms with Gasteiger partial charge in [-0.25, -0.2) is 9.18 Å². The monoisotopic (exact) mass is 310 g/mol. The summed E-state index contributed by atoms with van der Waals surface area (Å²) in [5, 5.41) is 4.92. The predicted molar refractivity (Wildman–Crippen MR) is 75.3 cm³/mol. The Morgan fingerprint density at radius 3 is 2.64 bits per heavy atom. The van der Waals surface area contributed by atoms with Gasteiger partial charge in [-0.15, -0.1) is 0 Å². The number of carbonyl (C=O) groups excluding carboxylic acids is 1. The second-order valence-electron chi connectivity index (χ2n) is 4.30. The van der Waals surface area contributed by atoms with E-state index in [2.05, 4.69) is 15.4 Å². The number of ether oxygens (including phenoxy) is 1. The lowest BCUT2D eigenvalue weighted by Crippen LogP contribution is -2.28. The van der Waals surface area contributed by atoms with Gasteiger partial charge in [0.25, 0.3) is 0 Å². The molecule has 0 heterocycles. The second-order valence-corrected chi connectivity index (χ2v) is 4.30. The lowest BCUT2D eigenvalue weighted by molar-refractivity contribution is -0.0504. The van der Waals surface area contributed by atoms with Crippen molar-refractivity contribution in [2.75, 3.05) is 5.32 Å². The number of rotatable bonds is 5. The molecule has 2 N–H and O–H groups in total. The number of hydrogen-bond acceptors (Lipinski definition) is 2. The van der Waals surface area contributed by atoms with Gasteiger partial charge in [0.2, 0.25) is 0 Å². The van der Waals surface area contributed by atoms with Crippen LogP contribution in [0.5, 0.6) is 5.75 Å². The summed E-state index contributed by atoms with van der Waals surface area (Å²) in [5.41, 5.74) is 0.687. The quantitative estimate of drug-likeness (QED) is 0.883. The Kier molecular flexibility index (Phi) is 5.24. The lowest BCUT2D eigenvalue weighted by Gasteiger charge is -2.12. The van der Waals surface area contributed by atoms with Gasteiger partial charge in [-0.05, 0) is 24.3 Å². The normalized spacial score (nSPS) is 10.4. The topological polar surface area (TPSA) is 50.4 Å². The third-order valence-corrected chi connectivity index (χ3v) is 2.71. The van der Waals surface area contributed by atoms with Crippen molar-refractivity contribution in [3.8, 4) is 5.75 Å². The molecule has 0 spiro atoms. The highest BCUT2D eigenvalue weighted by Gasteiger charge is 2.10. The Bertz CT molecular complexity index is 650. The number of nitrogens with one attached hydrogen (secondary N) is 2. The Hall–Kier alpha value is -2.70. The third-order valence-electron chi connectivity index (χ3n) is 2.71. The van der Waals surface area contributed by atoms with Gasteiger partial charge in [0, 0.05) is 17.8 Å². The first-order chi connectivity index (χ1) is 10.5. The number of benzene rings is 2. The van der Waals surface area contributed by atoms with Crippen molar-refractivity contribution in [3.05, 3.63) is 59.9 Å². The Balaban J connectivity index is 1.94. The highest BCUT2D eigenvalue weighted by atomic mass is 19.3. The van der Waals surface area contributed by atoms with E-state index in [1.165, 1.54) is 24.3 Å². The number of alkyl halides is 2. The van der Waals surface area contributed by atoms with E-state index in [9.17, 15) is 18.0 Å².